The van der Waals surface area contributed by atoms with Crippen LogP contribution in [0.2, 0.25) is 0 Å². The normalized spacial score (nSPS) is 15.9. The molecule has 0 aliphatic carbocycles. The summed E-state index contributed by atoms with van der Waals surface area (Å²) in [4.78, 5) is 2.40. The molecule has 4 heteroatoms. The average Bonchev–Trinajstić information content (AvgIpc) is 2.30. The minimum Gasteiger partial charge on any atom is -0.372 e. The maximum atomic E-state index is 7.14. The van der Waals surface area contributed by atoms with Gasteiger partial charge in [-0.05, 0) is 43.5 Å². The van der Waals surface area contributed by atoms with Gasteiger partial charge in [-0.2, -0.15) is 0 Å². The number of piperidine rings is 1. The monoisotopic (exact) mass is 218 g/mol. The molecule has 2 rings (SSSR count). The van der Waals surface area contributed by atoms with Crippen LogP contribution in [0.1, 0.15) is 19.3 Å². The zero-order valence-corrected chi connectivity index (χ0v) is 9.37. The van der Waals surface area contributed by atoms with Crippen LogP contribution in [0.25, 0.3) is 0 Å². The summed E-state index contributed by atoms with van der Waals surface area (Å²) in [6.07, 6.45) is 3.92. The molecule has 4 nitrogen and oxygen atoms in total. The first-order valence-corrected chi connectivity index (χ1v) is 5.72. The van der Waals surface area contributed by atoms with E-state index >= 15 is 0 Å². The van der Waals surface area contributed by atoms with E-state index in [-0.39, 0.29) is 5.96 Å². The van der Waals surface area contributed by atoms with Crippen molar-refractivity contribution in [3.05, 3.63) is 24.3 Å². The maximum Gasteiger partial charge on any atom is 0.190 e. The van der Waals surface area contributed by atoms with Crippen molar-refractivity contribution >= 4 is 17.3 Å². The van der Waals surface area contributed by atoms with Crippen LogP contribution in [0.5, 0.6) is 0 Å². The molecule has 1 saturated heterocycles. The molecule has 1 fully saturated rings. The largest absolute Gasteiger partial charge is 0.372 e. The van der Waals surface area contributed by atoms with Crippen LogP contribution >= 0.6 is 0 Å². The summed E-state index contributed by atoms with van der Waals surface area (Å²) in [6, 6.07) is 8.09. The lowest BCUT2D eigenvalue weighted by molar-refractivity contribution is 0.578. The van der Waals surface area contributed by atoms with Crippen LogP contribution in [0.15, 0.2) is 24.3 Å². The Kier molecular flexibility index (Phi) is 3.29. The average molecular weight is 218 g/mol. The first kappa shape index (κ1) is 10.8. The van der Waals surface area contributed by atoms with E-state index in [1.54, 1.807) is 0 Å². The van der Waals surface area contributed by atoms with E-state index in [4.69, 9.17) is 11.1 Å². The van der Waals surface area contributed by atoms with Crippen molar-refractivity contribution in [3.8, 4) is 0 Å². The van der Waals surface area contributed by atoms with Crippen molar-refractivity contribution in [2.24, 2.45) is 5.73 Å². The highest BCUT2D eigenvalue weighted by Crippen LogP contribution is 2.21. The van der Waals surface area contributed by atoms with Crippen molar-refractivity contribution in [2.75, 3.05) is 23.3 Å². The molecule has 0 aromatic heterocycles. The van der Waals surface area contributed by atoms with Crippen molar-refractivity contribution < 1.29 is 0 Å². The van der Waals surface area contributed by atoms with E-state index in [9.17, 15) is 0 Å². The standard InChI is InChI=1S/C12H18N4/c13-12(14)15-10-4-6-11(7-5-10)16-8-2-1-3-9-16/h4-7H,1-3,8-9H2,(H4,13,14,15). The first-order valence-electron chi connectivity index (χ1n) is 5.72. The van der Waals surface area contributed by atoms with Gasteiger partial charge in [-0.25, -0.2) is 0 Å². The lowest BCUT2D eigenvalue weighted by atomic mass is 10.1. The van der Waals surface area contributed by atoms with E-state index in [2.05, 4.69) is 22.3 Å². The summed E-state index contributed by atoms with van der Waals surface area (Å²) in [7, 11) is 0. The van der Waals surface area contributed by atoms with Crippen LogP contribution < -0.4 is 16.0 Å². The molecule has 0 saturated carbocycles. The second-order valence-corrected chi connectivity index (χ2v) is 4.13. The zero-order chi connectivity index (χ0) is 11.4. The van der Waals surface area contributed by atoms with Crippen LogP contribution in [-0.2, 0) is 0 Å². The number of rotatable bonds is 2. The topological polar surface area (TPSA) is 65.1 Å². The fourth-order valence-electron chi connectivity index (χ4n) is 2.06. The summed E-state index contributed by atoms with van der Waals surface area (Å²) >= 11 is 0. The lowest BCUT2D eigenvalue weighted by Crippen LogP contribution is -2.29. The van der Waals surface area contributed by atoms with Crippen molar-refractivity contribution in [2.45, 2.75) is 19.3 Å². The van der Waals surface area contributed by atoms with Crippen LogP contribution in [0.4, 0.5) is 11.4 Å². The molecule has 0 unspecified atom stereocenters. The minimum atomic E-state index is -0.0225. The molecule has 0 radical (unpaired) electrons. The second-order valence-electron chi connectivity index (χ2n) is 4.13. The quantitative estimate of drug-likeness (QED) is 0.525. The maximum absolute atomic E-state index is 7.14. The van der Waals surface area contributed by atoms with Gasteiger partial charge >= 0.3 is 0 Å². The molecular formula is C12H18N4. The number of nitrogens with one attached hydrogen (secondary N) is 2. The fraction of sp³-hybridized carbons (Fsp3) is 0.417. The Morgan fingerprint density at radius 2 is 1.75 bits per heavy atom. The van der Waals surface area contributed by atoms with Gasteiger partial charge in [-0.3, -0.25) is 5.41 Å². The summed E-state index contributed by atoms with van der Waals surface area (Å²) < 4.78 is 0. The summed E-state index contributed by atoms with van der Waals surface area (Å²) in [5.41, 5.74) is 7.39. The molecule has 1 heterocycles. The summed E-state index contributed by atoms with van der Waals surface area (Å²) in [6.45, 7) is 2.30. The SMILES string of the molecule is N=C(N)Nc1ccc(N2CCCCC2)cc1. The third-order valence-electron chi connectivity index (χ3n) is 2.87. The van der Waals surface area contributed by atoms with E-state index < -0.39 is 0 Å². The number of benzene rings is 1. The molecule has 86 valence electrons. The minimum absolute atomic E-state index is 0.0225. The highest BCUT2D eigenvalue weighted by molar-refractivity contribution is 5.89. The Labute approximate surface area is 96.0 Å². The van der Waals surface area contributed by atoms with Gasteiger partial charge in [0.1, 0.15) is 0 Å². The van der Waals surface area contributed by atoms with Gasteiger partial charge in [0.25, 0.3) is 0 Å². The number of guanidine groups is 1. The Morgan fingerprint density at radius 3 is 2.31 bits per heavy atom. The zero-order valence-electron chi connectivity index (χ0n) is 9.37. The lowest BCUT2D eigenvalue weighted by Gasteiger charge is -2.28. The molecule has 0 spiro atoms. The molecular weight excluding hydrogens is 200 g/mol. The van der Waals surface area contributed by atoms with Crippen LogP contribution in [0, 0.1) is 5.41 Å². The number of nitrogens with zero attached hydrogens (tertiary/aromatic N) is 1. The predicted molar refractivity (Wildman–Crippen MR) is 68.0 cm³/mol. The Bertz CT molecular complexity index is 352. The van der Waals surface area contributed by atoms with Crippen LogP contribution in [0.3, 0.4) is 0 Å². The third-order valence-corrected chi connectivity index (χ3v) is 2.87. The van der Waals surface area contributed by atoms with E-state index in [0.29, 0.717) is 0 Å². The van der Waals surface area contributed by atoms with Gasteiger partial charge in [-0.1, -0.05) is 0 Å². The number of hydrogen-bond acceptors (Lipinski definition) is 2. The van der Waals surface area contributed by atoms with E-state index in [1.165, 1.54) is 24.9 Å². The Balaban J connectivity index is 2.03. The van der Waals surface area contributed by atoms with Crippen molar-refractivity contribution in [1.82, 2.24) is 0 Å². The van der Waals surface area contributed by atoms with Gasteiger partial charge in [0, 0.05) is 24.5 Å². The molecule has 16 heavy (non-hydrogen) atoms. The van der Waals surface area contributed by atoms with Gasteiger partial charge < -0.3 is 16.0 Å². The predicted octanol–water partition coefficient (Wildman–Crippen LogP) is 1.98. The second kappa shape index (κ2) is 4.88. The molecule has 1 aliphatic heterocycles. The first-order chi connectivity index (χ1) is 7.75. The van der Waals surface area contributed by atoms with E-state index in [1.807, 2.05) is 12.1 Å². The number of anilines is 2. The molecule has 1 aliphatic rings. The molecule has 1 aromatic rings. The Morgan fingerprint density at radius 1 is 1.12 bits per heavy atom. The van der Waals surface area contributed by atoms with Gasteiger partial charge in [0.2, 0.25) is 0 Å². The molecule has 0 amide bonds. The van der Waals surface area contributed by atoms with Crippen molar-refractivity contribution in [3.63, 3.8) is 0 Å². The highest BCUT2D eigenvalue weighted by Gasteiger charge is 2.10. The number of hydrogen-bond donors (Lipinski definition) is 3. The van der Waals surface area contributed by atoms with Gasteiger partial charge in [0.15, 0.2) is 5.96 Å². The Hall–Kier alpha value is -1.71. The van der Waals surface area contributed by atoms with Gasteiger partial charge in [-0.15, -0.1) is 0 Å². The molecule has 0 bridgehead atoms. The third kappa shape index (κ3) is 2.66. The molecule has 4 N–H and O–H groups in total. The van der Waals surface area contributed by atoms with Crippen LogP contribution in [-0.4, -0.2) is 19.0 Å². The van der Waals surface area contributed by atoms with Crippen molar-refractivity contribution in [1.29, 1.82) is 5.41 Å². The highest BCUT2D eigenvalue weighted by atomic mass is 15.1. The summed E-state index contributed by atoms with van der Waals surface area (Å²) in [5.74, 6) is -0.0225. The molecule has 0 atom stereocenters. The molecule has 1 aromatic carbocycles. The number of nitrogens with two attached hydrogens (primary N) is 1. The summed E-state index contributed by atoms with van der Waals surface area (Å²) in [5, 5.41) is 9.91. The fourth-order valence-corrected chi connectivity index (χ4v) is 2.06. The van der Waals surface area contributed by atoms with E-state index in [0.717, 1.165) is 18.8 Å². The van der Waals surface area contributed by atoms with Gasteiger partial charge in [0.05, 0.1) is 0 Å². The smallest absolute Gasteiger partial charge is 0.190 e.